The predicted octanol–water partition coefficient (Wildman–Crippen LogP) is 12.6. The molecule has 2 aliphatic heterocycles. The number of hydrogen-bond acceptors (Lipinski definition) is 3. The Morgan fingerprint density at radius 3 is 0.868 bits per heavy atom. The Morgan fingerprint density at radius 1 is 0.358 bits per heavy atom. The normalized spacial score (nSPS) is 11.8. The highest BCUT2D eigenvalue weighted by atomic mass is 35.5. The Balaban J connectivity index is 0.00000400. The summed E-state index contributed by atoms with van der Waals surface area (Å²) in [6.45, 7) is 0. The fourth-order valence-electron chi connectivity index (χ4n) is 6.90. The maximum absolute atomic E-state index is 10.2. The Kier molecular flexibility index (Phi) is 9.49. The summed E-state index contributed by atoms with van der Waals surface area (Å²) in [6.07, 6.45) is 8.19. The van der Waals surface area contributed by atoms with Crippen molar-refractivity contribution in [3.05, 3.63) is 159 Å². The summed E-state index contributed by atoms with van der Waals surface area (Å²) >= 11 is 19.1. The van der Waals surface area contributed by atoms with Crippen LogP contribution in [0.15, 0.2) is 121 Å². The first-order chi connectivity index (χ1) is 25.4. The Hall–Kier alpha value is -5.08. The van der Waals surface area contributed by atoms with Crippen LogP contribution in [0.5, 0.6) is 5.75 Å². The summed E-state index contributed by atoms with van der Waals surface area (Å²) in [5.74, 6) is 0.188. The van der Waals surface area contributed by atoms with Crippen molar-refractivity contribution in [3.8, 4) is 50.3 Å². The van der Waals surface area contributed by atoms with Gasteiger partial charge in [0, 0.05) is 82.4 Å². The number of benzene rings is 4. The maximum atomic E-state index is 10.2. The van der Waals surface area contributed by atoms with E-state index < -0.39 is 0 Å². The molecule has 9 heteroatoms. The second-order valence-electron chi connectivity index (χ2n) is 12.6. The molecule has 8 bridgehead atoms. The Morgan fingerprint density at radius 2 is 0.604 bits per heavy atom. The number of aromatic amines is 2. The molecule has 7 aromatic rings. The van der Waals surface area contributed by atoms with E-state index in [1.807, 2.05) is 97.1 Å². The molecule has 5 heterocycles. The second-order valence-corrected chi connectivity index (χ2v) is 13.9. The van der Waals surface area contributed by atoms with Gasteiger partial charge in [-0.15, -0.1) is 0 Å². The quantitative estimate of drug-likeness (QED) is 0.156. The lowest BCUT2D eigenvalue weighted by molar-refractivity contribution is 0.475. The largest absolute Gasteiger partial charge is 0.508 e. The summed E-state index contributed by atoms with van der Waals surface area (Å²) in [6, 6.07) is 38.9. The minimum absolute atomic E-state index is 0. The molecule has 3 N–H and O–H groups in total. The van der Waals surface area contributed by atoms with Crippen LogP contribution in [0.3, 0.4) is 0 Å². The third-order valence-corrected chi connectivity index (χ3v) is 10.1. The zero-order valence-electron chi connectivity index (χ0n) is 28.0. The Bertz CT molecular complexity index is 2380. The van der Waals surface area contributed by atoms with Crippen molar-refractivity contribution in [2.24, 2.45) is 0 Å². The number of aromatic nitrogens is 4. The van der Waals surface area contributed by atoms with Gasteiger partial charge in [0.1, 0.15) is 5.75 Å². The Labute approximate surface area is 336 Å². The average molecular weight is 758 g/mol. The van der Waals surface area contributed by atoms with Gasteiger partial charge in [0.25, 0.3) is 0 Å². The summed E-state index contributed by atoms with van der Waals surface area (Å²) in [5, 5.41) is 12.1. The zero-order valence-corrected chi connectivity index (χ0v) is 31.7. The van der Waals surface area contributed by atoms with Gasteiger partial charge in [-0.25, -0.2) is 9.97 Å². The molecule has 0 unspecified atom stereocenters. The van der Waals surface area contributed by atoms with Gasteiger partial charge in [0.05, 0.1) is 22.8 Å². The number of nitrogens with zero attached hydrogens (tertiary/aromatic N) is 2. The first-order valence-corrected chi connectivity index (χ1v) is 17.7. The summed E-state index contributed by atoms with van der Waals surface area (Å²) in [4.78, 5) is 18.0. The minimum atomic E-state index is 0. The number of hydrogen-bond donors (Lipinski definition) is 3. The number of phenolic OH excluding ortho intramolecular Hbond substituents is 1. The van der Waals surface area contributed by atoms with E-state index in [1.165, 1.54) is 0 Å². The van der Waals surface area contributed by atoms with Crippen molar-refractivity contribution in [1.29, 1.82) is 0 Å². The number of halogens is 3. The van der Waals surface area contributed by atoms with Crippen molar-refractivity contribution >= 4 is 104 Å². The standard InChI is InChI=1S/C44H27Cl3N4O.Mg/c45-29-9-1-25(2-10-29)41-33-17-19-35(48-33)42(26-3-11-30(46)12-4-26)37-21-23-39(50-37)44(28-7-15-32(52)16-8-28)40-24-22-38(51-40)43(36-20-18-34(41)49-36)27-5-13-31(47)14-6-27;/h1-24,48,51-52H;. The molecule has 3 aromatic heterocycles. The second kappa shape index (κ2) is 14.4. The van der Waals surface area contributed by atoms with Gasteiger partial charge >= 0.3 is 0 Å². The van der Waals surface area contributed by atoms with E-state index in [9.17, 15) is 5.11 Å². The third-order valence-electron chi connectivity index (χ3n) is 9.31. The molecule has 0 spiro atoms. The van der Waals surface area contributed by atoms with E-state index in [1.54, 1.807) is 12.1 Å². The smallest absolute Gasteiger partial charge is 0.115 e. The zero-order chi connectivity index (χ0) is 35.3. The van der Waals surface area contributed by atoms with E-state index in [4.69, 9.17) is 44.8 Å². The molecular weight excluding hydrogens is 731 g/mol. The molecule has 0 aliphatic carbocycles. The SMILES string of the molecule is Oc1ccc(-c2c3nc(c(-c4ccc(Cl)cc4)c4ccc([nH]4)c(-c4ccc(Cl)cc4)c4nc(c(-c5ccc(Cl)cc5)c5ccc2[nH]5)C=C4)C=C3)cc1.[Mg]. The first-order valence-electron chi connectivity index (χ1n) is 16.6. The molecule has 252 valence electrons. The fraction of sp³-hybridized carbons (Fsp3) is 0. The lowest BCUT2D eigenvalue weighted by Crippen LogP contribution is -1.89. The highest BCUT2D eigenvalue weighted by molar-refractivity contribution is 6.31. The van der Waals surface area contributed by atoms with Crippen LogP contribution >= 0.6 is 34.8 Å². The summed E-state index contributed by atoms with van der Waals surface area (Å²) in [5.41, 5.74) is 14.1. The van der Waals surface area contributed by atoms with E-state index in [0.29, 0.717) is 15.1 Å². The van der Waals surface area contributed by atoms with Gasteiger partial charge < -0.3 is 15.1 Å². The molecule has 0 fully saturated rings. The van der Waals surface area contributed by atoms with Gasteiger partial charge in [0.2, 0.25) is 0 Å². The van der Waals surface area contributed by atoms with Crippen LogP contribution in [0, 0.1) is 0 Å². The molecule has 0 atom stereocenters. The number of nitrogens with one attached hydrogen (secondary N) is 2. The fourth-order valence-corrected chi connectivity index (χ4v) is 7.28. The summed E-state index contributed by atoms with van der Waals surface area (Å²) in [7, 11) is 0. The molecule has 9 rings (SSSR count). The van der Waals surface area contributed by atoms with Crippen molar-refractivity contribution in [2.45, 2.75) is 0 Å². The molecular formula is C44H27Cl3MgN4O. The van der Waals surface area contributed by atoms with Gasteiger partial charge in [0.15, 0.2) is 0 Å². The van der Waals surface area contributed by atoms with Gasteiger partial charge in [-0.2, -0.15) is 0 Å². The van der Waals surface area contributed by atoms with Crippen molar-refractivity contribution in [2.75, 3.05) is 0 Å². The third kappa shape index (κ3) is 6.69. The molecule has 2 aliphatic rings. The molecule has 2 radical (unpaired) electrons. The van der Waals surface area contributed by atoms with Crippen LogP contribution in [0.1, 0.15) is 22.8 Å². The first kappa shape index (κ1) is 35.0. The van der Waals surface area contributed by atoms with E-state index >= 15 is 0 Å². The van der Waals surface area contributed by atoms with Crippen LogP contribution in [-0.4, -0.2) is 48.1 Å². The highest BCUT2D eigenvalue weighted by Crippen LogP contribution is 2.39. The molecule has 0 saturated carbocycles. The van der Waals surface area contributed by atoms with Crippen LogP contribution in [0.2, 0.25) is 15.1 Å². The van der Waals surface area contributed by atoms with Gasteiger partial charge in [-0.05, 0) is 119 Å². The molecule has 4 aromatic carbocycles. The van der Waals surface area contributed by atoms with Crippen molar-refractivity contribution in [1.82, 2.24) is 19.9 Å². The minimum Gasteiger partial charge on any atom is -0.508 e. The van der Waals surface area contributed by atoms with E-state index in [0.717, 1.165) is 89.4 Å². The molecule has 5 nitrogen and oxygen atoms in total. The molecule has 0 saturated heterocycles. The number of H-pyrrole nitrogens is 2. The van der Waals surface area contributed by atoms with E-state index in [-0.39, 0.29) is 28.8 Å². The lowest BCUT2D eigenvalue weighted by Gasteiger charge is -2.07. The van der Waals surface area contributed by atoms with Crippen LogP contribution in [-0.2, 0) is 0 Å². The maximum Gasteiger partial charge on any atom is 0.115 e. The topological polar surface area (TPSA) is 77.6 Å². The van der Waals surface area contributed by atoms with Gasteiger partial charge in [-0.3, -0.25) is 0 Å². The molecule has 53 heavy (non-hydrogen) atoms. The van der Waals surface area contributed by atoms with Gasteiger partial charge in [-0.1, -0.05) is 83.3 Å². The van der Waals surface area contributed by atoms with Crippen LogP contribution in [0.25, 0.3) is 90.9 Å². The lowest BCUT2D eigenvalue weighted by atomic mass is 10.0. The molecule has 0 amide bonds. The average Bonchev–Trinajstić information content (AvgIpc) is 3.99. The van der Waals surface area contributed by atoms with Crippen LogP contribution in [0.4, 0.5) is 0 Å². The summed E-state index contributed by atoms with van der Waals surface area (Å²) < 4.78 is 0. The van der Waals surface area contributed by atoms with Crippen molar-refractivity contribution < 1.29 is 5.11 Å². The number of rotatable bonds is 4. The monoisotopic (exact) mass is 756 g/mol. The number of fused-ring (bicyclic) bond motifs is 8. The van der Waals surface area contributed by atoms with Crippen LogP contribution < -0.4 is 0 Å². The number of phenols is 1. The number of aromatic hydroxyl groups is 1. The highest BCUT2D eigenvalue weighted by Gasteiger charge is 2.19. The predicted molar refractivity (Wildman–Crippen MR) is 223 cm³/mol. The van der Waals surface area contributed by atoms with E-state index in [2.05, 4.69) is 46.4 Å². The van der Waals surface area contributed by atoms with Crippen molar-refractivity contribution in [3.63, 3.8) is 0 Å².